The third kappa shape index (κ3) is 3.84. The number of nitrogens with one attached hydrogen (secondary N) is 1. The van der Waals surface area contributed by atoms with Crippen LogP contribution >= 0.6 is 0 Å². The van der Waals surface area contributed by atoms with Crippen LogP contribution in [0.2, 0.25) is 0 Å². The second-order valence-corrected chi connectivity index (χ2v) is 6.23. The van der Waals surface area contributed by atoms with Crippen LogP contribution < -0.4 is 14.8 Å². The molecule has 26 heavy (non-hydrogen) atoms. The summed E-state index contributed by atoms with van der Waals surface area (Å²) in [5.74, 6) is -1.02. The Morgan fingerprint density at radius 3 is 2.58 bits per heavy atom. The monoisotopic (exact) mass is 359 g/mol. The molecule has 138 valence electrons. The number of ether oxygens (including phenoxy) is 2. The lowest BCUT2D eigenvalue weighted by Gasteiger charge is -2.28. The number of nitrogens with zero attached hydrogens (tertiary/aromatic N) is 2. The summed E-state index contributed by atoms with van der Waals surface area (Å²) in [6.45, 7) is 0.154. The number of imide groups is 2. The lowest BCUT2D eigenvalue weighted by atomic mass is 10.1. The first kappa shape index (κ1) is 17.9. The minimum absolute atomic E-state index is 0.154. The van der Waals surface area contributed by atoms with Crippen LogP contribution in [0, 0.1) is 5.92 Å². The molecular formula is C18H21N3O5. The molecule has 0 aromatic heterocycles. The van der Waals surface area contributed by atoms with Gasteiger partial charge in [0, 0.05) is 18.8 Å². The zero-order chi connectivity index (χ0) is 18.7. The molecule has 1 atom stereocenters. The first-order valence-corrected chi connectivity index (χ1v) is 8.44. The Labute approximate surface area is 151 Å². The summed E-state index contributed by atoms with van der Waals surface area (Å²) in [7, 11) is 3.09. The third-order valence-corrected chi connectivity index (χ3v) is 4.35. The molecule has 1 saturated heterocycles. The van der Waals surface area contributed by atoms with Crippen LogP contribution in [0.1, 0.15) is 18.4 Å². The van der Waals surface area contributed by atoms with E-state index >= 15 is 0 Å². The van der Waals surface area contributed by atoms with E-state index in [4.69, 9.17) is 9.47 Å². The first-order valence-electron chi connectivity index (χ1n) is 8.44. The van der Waals surface area contributed by atoms with Gasteiger partial charge in [0.2, 0.25) is 11.8 Å². The lowest BCUT2D eigenvalue weighted by Crippen LogP contribution is -2.58. The summed E-state index contributed by atoms with van der Waals surface area (Å²) in [6, 6.07) is 4.90. The number of benzene rings is 1. The molecule has 3 rings (SSSR count). The maximum atomic E-state index is 12.5. The maximum Gasteiger partial charge on any atom is 0.330 e. The average Bonchev–Trinajstić information content (AvgIpc) is 3.45. The Balaban J connectivity index is 1.68. The van der Waals surface area contributed by atoms with Crippen LogP contribution in [0.5, 0.6) is 11.5 Å². The fourth-order valence-electron chi connectivity index (χ4n) is 2.68. The van der Waals surface area contributed by atoms with Crippen molar-refractivity contribution in [1.29, 1.82) is 0 Å². The average molecular weight is 359 g/mol. The number of carbonyl (C=O) groups is 3. The van der Waals surface area contributed by atoms with Crippen LogP contribution in [0.15, 0.2) is 23.2 Å². The normalized spacial score (nSPS) is 20.5. The van der Waals surface area contributed by atoms with Crippen molar-refractivity contribution >= 4 is 24.1 Å². The molecule has 0 unspecified atom stereocenters. The Kier molecular flexibility index (Phi) is 5.20. The van der Waals surface area contributed by atoms with Crippen molar-refractivity contribution in [2.75, 3.05) is 20.8 Å². The number of amides is 4. The molecule has 4 amide bonds. The summed E-state index contributed by atoms with van der Waals surface area (Å²) in [5, 5.41) is 2.22. The minimum atomic E-state index is -1.04. The van der Waals surface area contributed by atoms with E-state index in [1.165, 1.54) is 6.21 Å². The second-order valence-electron chi connectivity index (χ2n) is 6.23. The highest BCUT2D eigenvalue weighted by Gasteiger charge is 2.39. The van der Waals surface area contributed by atoms with Crippen molar-refractivity contribution in [2.24, 2.45) is 10.9 Å². The zero-order valence-corrected chi connectivity index (χ0v) is 14.7. The first-order chi connectivity index (χ1) is 12.5. The summed E-state index contributed by atoms with van der Waals surface area (Å²) < 4.78 is 10.4. The SMILES string of the molecule is COc1ccc(CCN2C(=O)NC(=O)[C@@H](C=NC3CC3)C2=O)cc1OC. The van der Waals surface area contributed by atoms with Crippen molar-refractivity contribution in [3.05, 3.63) is 23.8 Å². The molecule has 1 N–H and O–H groups in total. The maximum absolute atomic E-state index is 12.5. The van der Waals surface area contributed by atoms with Crippen LogP contribution in [0.25, 0.3) is 0 Å². The van der Waals surface area contributed by atoms with E-state index in [9.17, 15) is 14.4 Å². The van der Waals surface area contributed by atoms with Crippen molar-refractivity contribution in [1.82, 2.24) is 10.2 Å². The molecule has 8 nitrogen and oxygen atoms in total. The standard InChI is InChI=1S/C18H21N3O5/c1-25-14-6-3-11(9-15(14)26-2)7-8-21-17(23)13(10-19-12-4-5-12)16(22)20-18(21)24/h3,6,9-10,12-13H,4-5,7-8H2,1-2H3,(H,20,22,24)/t13-/m1/s1. The molecule has 2 fully saturated rings. The van der Waals surface area contributed by atoms with Crippen molar-refractivity contribution < 1.29 is 23.9 Å². The van der Waals surface area contributed by atoms with Gasteiger partial charge in [-0.05, 0) is 37.0 Å². The largest absolute Gasteiger partial charge is 0.493 e. The number of carbonyl (C=O) groups excluding carboxylic acids is 3. The smallest absolute Gasteiger partial charge is 0.330 e. The lowest BCUT2D eigenvalue weighted by molar-refractivity contribution is -0.139. The number of aliphatic imine (C=N–C) groups is 1. The molecule has 1 heterocycles. The van der Waals surface area contributed by atoms with E-state index < -0.39 is 23.8 Å². The number of urea groups is 1. The number of methoxy groups -OCH3 is 2. The van der Waals surface area contributed by atoms with Crippen LogP contribution in [-0.4, -0.2) is 55.8 Å². The van der Waals surface area contributed by atoms with Gasteiger partial charge in [0.15, 0.2) is 17.4 Å². The van der Waals surface area contributed by atoms with E-state index in [0.717, 1.165) is 23.3 Å². The van der Waals surface area contributed by atoms with Gasteiger partial charge in [0.1, 0.15) is 0 Å². The van der Waals surface area contributed by atoms with Gasteiger partial charge in [-0.25, -0.2) is 4.79 Å². The molecule has 0 spiro atoms. The van der Waals surface area contributed by atoms with Gasteiger partial charge >= 0.3 is 6.03 Å². The quantitative estimate of drug-likeness (QED) is 0.582. The molecule has 1 aliphatic heterocycles. The topological polar surface area (TPSA) is 97.3 Å². The molecule has 0 radical (unpaired) electrons. The fourth-order valence-corrected chi connectivity index (χ4v) is 2.68. The molecule has 0 bridgehead atoms. The summed E-state index contributed by atoms with van der Waals surface area (Å²) in [4.78, 5) is 41.8. The van der Waals surface area contributed by atoms with Gasteiger partial charge in [-0.2, -0.15) is 0 Å². The van der Waals surface area contributed by atoms with Gasteiger partial charge < -0.3 is 9.47 Å². The van der Waals surface area contributed by atoms with Crippen molar-refractivity contribution in [3.8, 4) is 11.5 Å². The Morgan fingerprint density at radius 1 is 1.19 bits per heavy atom. The molecule has 2 aliphatic rings. The molecule has 8 heteroatoms. The van der Waals surface area contributed by atoms with Gasteiger partial charge in [0.05, 0.1) is 14.2 Å². The van der Waals surface area contributed by atoms with E-state index in [1.54, 1.807) is 26.4 Å². The Morgan fingerprint density at radius 2 is 1.92 bits per heavy atom. The predicted molar refractivity (Wildman–Crippen MR) is 93.5 cm³/mol. The van der Waals surface area contributed by atoms with E-state index in [1.807, 2.05) is 6.07 Å². The third-order valence-electron chi connectivity index (χ3n) is 4.35. The molecule has 1 aromatic rings. The zero-order valence-electron chi connectivity index (χ0n) is 14.7. The van der Waals surface area contributed by atoms with Crippen LogP contribution in [0.4, 0.5) is 4.79 Å². The summed E-state index contributed by atoms with van der Waals surface area (Å²) >= 11 is 0. The fraction of sp³-hybridized carbons (Fsp3) is 0.444. The van der Waals surface area contributed by atoms with Crippen molar-refractivity contribution in [3.63, 3.8) is 0 Å². The molecule has 1 saturated carbocycles. The number of hydrogen-bond donors (Lipinski definition) is 1. The van der Waals surface area contributed by atoms with E-state index in [-0.39, 0.29) is 12.6 Å². The van der Waals surface area contributed by atoms with E-state index in [2.05, 4.69) is 10.3 Å². The summed E-state index contributed by atoms with van der Waals surface area (Å²) in [6.07, 6.45) is 3.74. The highest BCUT2D eigenvalue weighted by Crippen LogP contribution is 2.28. The Hall–Kier alpha value is -2.90. The number of hydrogen-bond acceptors (Lipinski definition) is 6. The van der Waals surface area contributed by atoms with Crippen LogP contribution in [-0.2, 0) is 16.0 Å². The van der Waals surface area contributed by atoms with Crippen molar-refractivity contribution in [2.45, 2.75) is 25.3 Å². The molecule has 1 aromatic carbocycles. The predicted octanol–water partition coefficient (Wildman–Crippen LogP) is 1.17. The number of rotatable bonds is 7. The van der Waals surface area contributed by atoms with Gasteiger partial charge in [-0.1, -0.05) is 6.07 Å². The van der Waals surface area contributed by atoms with E-state index in [0.29, 0.717) is 17.9 Å². The summed E-state index contributed by atoms with van der Waals surface area (Å²) in [5.41, 5.74) is 0.878. The highest BCUT2D eigenvalue weighted by atomic mass is 16.5. The highest BCUT2D eigenvalue weighted by molar-refractivity contribution is 6.23. The second kappa shape index (κ2) is 7.55. The minimum Gasteiger partial charge on any atom is -0.493 e. The number of barbiturate groups is 1. The van der Waals surface area contributed by atoms with Gasteiger partial charge in [0.25, 0.3) is 0 Å². The van der Waals surface area contributed by atoms with Crippen LogP contribution in [0.3, 0.4) is 0 Å². The van der Waals surface area contributed by atoms with Gasteiger partial charge in [-0.15, -0.1) is 0 Å². The Bertz CT molecular complexity index is 757. The van der Waals surface area contributed by atoms with Gasteiger partial charge in [-0.3, -0.25) is 24.8 Å². The molecule has 1 aliphatic carbocycles. The molecular weight excluding hydrogens is 338 g/mol.